The summed E-state index contributed by atoms with van der Waals surface area (Å²) in [5.41, 5.74) is 14.2. The van der Waals surface area contributed by atoms with E-state index in [4.69, 9.17) is 11.5 Å². The fraction of sp³-hybridized carbons (Fsp3) is 0.429. The zero-order valence-corrected chi connectivity index (χ0v) is 12.2. The Balaban J connectivity index is 1.93. The van der Waals surface area contributed by atoms with Gasteiger partial charge in [-0.15, -0.1) is 11.3 Å². The fourth-order valence-electron chi connectivity index (χ4n) is 2.28. The van der Waals surface area contributed by atoms with Crippen molar-refractivity contribution in [2.24, 2.45) is 11.5 Å². The third kappa shape index (κ3) is 2.67. The average Bonchev–Trinajstić information content (AvgIpc) is 3.01. The van der Waals surface area contributed by atoms with Gasteiger partial charge >= 0.3 is 0 Å². The molecule has 0 saturated carbocycles. The highest BCUT2D eigenvalue weighted by Gasteiger charge is 2.08. The molecule has 6 heteroatoms. The van der Waals surface area contributed by atoms with Crippen LogP contribution in [0.1, 0.15) is 23.7 Å². The molecule has 2 heterocycles. The van der Waals surface area contributed by atoms with Gasteiger partial charge in [0.2, 0.25) is 0 Å². The van der Waals surface area contributed by atoms with Gasteiger partial charge in [0.15, 0.2) is 0 Å². The van der Waals surface area contributed by atoms with Crippen molar-refractivity contribution in [3.63, 3.8) is 0 Å². The van der Waals surface area contributed by atoms with E-state index in [-0.39, 0.29) is 0 Å². The molecule has 1 aromatic carbocycles. The van der Waals surface area contributed by atoms with Crippen molar-refractivity contribution in [3.8, 4) is 0 Å². The summed E-state index contributed by atoms with van der Waals surface area (Å²) in [6.45, 7) is 1.40. The second-order valence-electron chi connectivity index (χ2n) is 4.91. The molecule has 20 heavy (non-hydrogen) atoms. The number of aromatic nitrogens is 3. The fourth-order valence-corrected chi connectivity index (χ4v) is 3.30. The predicted molar refractivity (Wildman–Crippen MR) is 84.0 cm³/mol. The molecule has 0 fully saturated rings. The summed E-state index contributed by atoms with van der Waals surface area (Å²) in [5, 5.41) is 1.15. The topological polar surface area (TPSA) is 93.6 Å². The lowest BCUT2D eigenvalue weighted by molar-refractivity contribution is 0.796. The summed E-state index contributed by atoms with van der Waals surface area (Å²) < 4.78 is 1.20. The van der Waals surface area contributed by atoms with Crippen molar-refractivity contribution in [2.45, 2.75) is 25.7 Å². The van der Waals surface area contributed by atoms with E-state index in [1.54, 1.807) is 11.3 Å². The lowest BCUT2D eigenvalue weighted by Gasteiger charge is -1.91. The summed E-state index contributed by atoms with van der Waals surface area (Å²) in [4.78, 5) is 12.6. The second kappa shape index (κ2) is 5.87. The van der Waals surface area contributed by atoms with Gasteiger partial charge < -0.3 is 16.5 Å². The molecule has 0 spiro atoms. The van der Waals surface area contributed by atoms with Crippen LogP contribution < -0.4 is 11.5 Å². The minimum Gasteiger partial charge on any atom is -0.342 e. The first-order valence-corrected chi connectivity index (χ1v) is 7.80. The predicted octanol–water partition coefficient (Wildman–Crippen LogP) is 1.96. The Kier molecular flexibility index (Phi) is 3.95. The van der Waals surface area contributed by atoms with E-state index in [9.17, 15) is 0 Å². The molecule has 0 atom stereocenters. The standard InChI is InChI=1S/C14H19N5S/c15-5-1-3-13-17-9-7-11-12(8-10(9)18-13)20-14(19-11)4-2-6-16/h7-8H,1-6,15-16H2,(H,17,18). The van der Waals surface area contributed by atoms with Crippen molar-refractivity contribution in [1.29, 1.82) is 0 Å². The molecule has 0 radical (unpaired) electrons. The highest BCUT2D eigenvalue weighted by Crippen LogP contribution is 2.27. The quantitative estimate of drug-likeness (QED) is 0.646. The summed E-state index contributed by atoms with van der Waals surface area (Å²) in [6.07, 6.45) is 3.79. The van der Waals surface area contributed by atoms with Crippen LogP contribution in [0.4, 0.5) is 0 Å². The summed E-state index contributed by atoms with van der Waals surface area (Å²) >= 11 is 1.74. The lowest BCUT2D eigenvalue weighted by atomic mass is 10.3. The number of hydrogen-bond acceptors (Lipinski definition) is 5. The second-order valence-corrected chi connectivity index (χ2v) is 6.03. The molecule has 3 rings (SSSR count). The molecule has 3 aromatic rings. The third-order valence-corrected chi connectivity index (χ3v) is 4.37. The molecule has 0 bridgehead atoms. The molecular formula is C14H19N5S. The highest BCUT2D eigenvalue weighted by atomic mass is 32.1. The number of fused-ring (bicyclic) bond motifs is 2. The Morgan fingerprint density at radius 2 is 1.80 bits per heavy atom. The monoisotopic (exact) mass is 289 g/mol. The van der Waals surface area contributed by atoms with E-state index >= 15 is 0 Å². The van der Waals surface area contributed by atoms with Crippen LogP contribution >= 0.6 is 11.3 Å². The first-order chi connectivity index (χ1) is 9.80. The maximum Gasteiger partial charge on any atom is 0.107 e. The van der Waals surface area contributed by atoms with Gasteiger partial charge in [-0.1, -0.05) is 0 Å². The first kappa shape index (κ1) is 13.5. The number of aromatic amines is 1. The molecule has 0 aliphatic rings. The van der Waals surface area contributed by atoms with Gasteiger partial charge in [-0.2, -0.15) is 0 Å². The smallest absolute Gasteiger partial charge is 0.107 e. The zero-order valence-electron chi connectivity index (χ0n) is 11.4. The number of H-pyrrole nitrogens is 1. The van der Waals surface area contributed by atoms with Crippen LogP contribution in [0, 0.1) is 0 Å². The highest BCUT2D eigenvalue weighted by molar-refractivity contribution is 7.18. The number of nitrogens with two attached hydrogens (primary N) is 2. The van der Waals surface area contributed by atoms with Gasteiger partial charge in [0, 0.05) is 12.8 Å². The Bertz CT molecular complexity index is 606. The van der Waals surface area contributed by atoms with Crippen LogP contribution in [0.5, 0.6) is 0 Å². The number of thiazole rings is 1. The van der Waals surface area contributed by atoms with Crippen molar-refractivity contribution < 1.29 is 0 Å². The molecule has 5 nitrogen and oxygen atoms in total. The molecule has 106 valence electrons. The number of nitrogens with zero attached hydrogens (tertiary/aromatic N) is 2. The van der Waals surface area contributed by atoms with E-state index < -0.39 is 0 Å². The number of benzene rings is 1. The van der Waals surface area contributed by atoms with Gasteiger partial charge in [0.05, 0.1) is 26.3 Å². The van der Waals surface area contributed by atoms with Gasteiger partial charge in [-0.25, -0.2) is 9.97 Å². The van der Waals surface area contributed by atoms with Gasteiger partial charge in [-0.3, -0.25) is 0 Å². The third-order valence-electron chi connectivity index (χ3n) is 3.30. The molecule has 0 unspecified atom stereocenters. The Morgan fingerprint density at radius 3 is 2.60 bits per heavy atom. The molecule has 0 aliphatic heterocycles. The summed E-state index contributed by atoms with van der Waals surface area (Å²) in [7, 11) is 0. The van der Waals surface area contributed by atoms with Crippen LogP contribution in [-0.2, 0) is 12.8 Å². The molecule has 2 aromatic heterocycles. The average molecular weight is 289 g/mol. The largest absolute Gasteiger partial charge is 0.342 e. The van der Waals surface area contributed by atoms with E-state index in [1.807, 2.05) is 0 Å². The van der Waals surface area contributed by atoms with Crippen LogP contribution in [-0.4, -0.2) is 28.0 Å². The minimum atomic E-state index is 0.693. The Labute approximate surface area is 121 Å². The zero-order chi connectivity index (χ0) is 13.9. The van der Waals surface area contributed by atoms with Crippen molar-refractivity contribution in [2.75, 3.05) is 13.1 Å². The Hall–Kier alpha value is -1.50. The van der Waals surface area contributed by atoms with Gasteiger partial charge in [-0.05, 0) is 38.1 Å². The van der Waals surface area contributed by atoms with Crippen LogP contribution in [0.2, 0.25) is 0 Å². The van der Waals surface area contributed by atoms with E-state index in [0.717, 1.165) is 53.1 Å². The number of imidazole rings is 1. The number of rotatable bonds is 6. The summed E-state index contributed by atoms with van der Waals surface area (Å²) in [6, 6.07) is 4.21. The molecule has 0 amide bonds. The van der Waals surface area contributed by atoms with Crippen LogP contribution in [0.15, 0.2) is 12.1 Å². The van der Waals surface area contributed by atoms with E-state index in [2.05, 4.69) is 27.1 Å². The van der Waals surface area contributed by atoms with Gasteiger partial charge in [0.1, 0.15) is 5.82 Å². The van der Waals surface area contributed by atoms with E-state index in [1.165, 1.54) is 4.70 Å². The normalized spacial score (nSPS) is 11.7. The lowest BCUT2D eigenvalue weighted by Crippen LogP contribution is -2.01. The maximum atomic E-state index is 5.54. The number of aryl methyl sites for hydroxylation is 2. The number of nitrogens with one attached hydrogen (secondary N) is 1. The first-order valence-electron chi connectivity index (χ1n) is 6.98. The molecular weight excluding hydrogens is 270 g/mol. The molecule has 0 aliphatic carbocycles. The van der Waals surface area contributed by atoms with Crippen LogP contribution in [0.3, 0.4) is 0 Å². The molecule has 0 saturated heterocycles. The SMILES string of the molecule is NCCCc1nc2cc3sc(CCCN)nc3cc2[nH]1. The minimum absolute atomic E-state index is 0.693. The summed E-state index contributed by atoms with van der Waals surface area (Å²) in [5.74, 6) is 1.01. The maximum absolute atomic E-state index is 5.54. The number of hydrogen-bond donors (Lipinski definition) is 3. The Morgan fingerprint density at radius 1 is 1.00 bits per heavy atom. The van der Waals surface area contributed by atoms with Crippen molar-refractivity contribution >= 4 is 32.6 Å². The molecule has 5 N–H and O–H groups in total. The van der Waals surface area contributed by atoms with Crippen molar-refractivity contribution in [3.05, 3.63) is 23.0 Å². The van der Waals surface area contributed by atoms with Crippen molar-refractivity contribution in [1.82, 2.24) is 15.0 Å². The van der Waals surface area contributed by atoms with E-state index in [0.29, 0.717) is 13.1 Å². The van der Waals surface area contributed by atoms with Gasteiger partial charge in [0.25, 0.3) is 0 Å². The van der Waals surface area contributed by atoms with Crippen LogP contribution in [0.25, 0.3) is 21.3 Å².